The van der Waals surface area contributed by atoms with Crippen LogP contribution in [0.25, 0.3) is 65.3 Å². The molecule has 2 heterocycles. The SMILES string of the molecule is c1cc[n+](C2C(c3ccc4c(-c5ccc6ccccc6c5)c5ccccc5c(-c5ccc6ccccc6c5)c4c3)=Nc3ccccc32)cc1. The van der Waals surface area contributed by atoms with Gasteiger partial charge < -0.3 is 0 Å². The van der Waals surface area contributed by atoms with Crippen LogP contribution in [0.3, 0.4) is 0 Å². The predicted molar refractivity (Wildman–Crippen MR) is 205 cm³/mol. The van der Waals surface area contributed by atoms with E-state index in [0.29, 0.717) is 0 Å². The molecular formula is C47H31N2+. The van der Waals surface area contributed by atoms with Crippen molar-refractivity contribution in [1.82, 2.24) is 0 Å². The smallest absolute Gasteiger partial charge is 0.228 e. The van der Waals surface area contributed by atoms with Gasteiger partial charge in [-0.05, 0) is 95.7 Å². The Hall–Kier alpha value is -6.38. The Labute approximate surface area is 284 Å². The highest BCUT2D eigenvalue weighted by Gasteiger charge is 2.35. The van der Waals surface area contributed by atoms with Crippen LogP contribution in [0.2, 0.25) is 0 Å². The van der Waals surface area contributed by atoms with E-state index in [1.807, 2.05) is 0 Å². The highest BCUT2D eigenvalue weighted by atomic mass is 15.0. The van der Waals surface area contributed by atoms with Crippen molar-refractivity contribution in [3.05, 3.63) is 193 Å². The van der Waals surface area contributed by atoms with Gasteiger partial charge in [-0.15, -0.1) is 0 Å². The molecule has 1 aromatic heterocycles. The molecule has 49 heavy (non-hydrogen) atoms. The molecule has 1 aliphatic heterocycles. The van der Waals surface area contributed by atoms with Gasteiger partial charge in [-0.2, -0.15) is 4.57 Å². The summed E-state index contributed by atoms with van der Waals surface area (Å²) in [6, 6.07) is 61.8. The van der Waals surface area contributed by atoms with Gasteiger partial charge in [0.2, 0.25) is 6.04 Å². The molecule has 0 saturated heterocycles. The van der Waals surface area contributed by atoms with Crippen molar-refractivity contribution in [2.24, 2.45) is 4.99 Å². The van der Waals surface area contributed by atoms with Gasteiger partial charge in [0.15, 0.2) is 12.4 Å². The van der Waals surface area contributed by atoms with E-state index in [1.165, 1.54) is 70.9 Å². The fraction of sp³-hybridized carbons (Fsp3) is 0.0213. The van der Waals surface area contributed by atoms with Crippen LogP contribution >= 0.6 is 0 Å². The number of para-hydroxylation sites is 1. The van der Waals surface area contributed by atoms with E-state index >= 15 is 0 Å². The first-order valence-electron chi connectivity index (χ1n) is 16.9. The molecule has 10 rings (SSSR count). The molecule has 228 valence electrons. The Bertz CT molecular complexity index is 2780. The van der Waals surface area contributed by atoms with Crippen molar-refractivity contribution >= 4 is 54.5 Å². The number of rotatable bonds is 4. The zero-order valence-electron chi connectivity index (χ0n) is 26.8. The van der Waals surface area contributed by atoms with Gasteiger partial charge in [-0.25, -0.2) is 4.99 Å². The van der Waals surface area contributed by atoms with Crippen molar-refractivity contribution in [1.29, 1.82) is 0 Å². The minimum absolute atomic E-state index is 0.0145. The van der Waals surface area contributed by atoms with Crippen LogP contribution in [0.15, 0.2) is 187 Å². The van der Waals surface area contributed by atoms with Gasteiger partial charge in [-0.3, -0.25) is 0 Å². The second kappa shape index (κ2) is 11.1. The minimum atomic E-state index is -0.0145. The molecule has 8 aromatic carbocycles. The number of hydrogen-bond donors (Lipinski definition) is 0. The van der Waals surface area contributed by atoms with Crippen LogP contribution in [0.4, 0.5) is 5.69 Å². The summed E-state index contributed by atoms with van der Waals surface area (Å²) in [7, 11) is 0. The topological polar surface area (TPSA) is 16.2 Å². The monoisotopic (exact) mass is 623 g/mol. The summed E-state index contributed by atoms with van der Waals surface area (Å²) in [6.07, 6.45) is 4.30. The molecule has 0 aliphatic carbocycles. The van der Waals surface area contributed by atoms with Gasteiger partial charge in [0, 0.05) is 17.7 Å². The van der Waals surface area contributed by atoms with Crippen LogP contribution in [-0.2, 0) is 0 Å². The summed E-state index contributed by atoms with van der Waals surface area (Å²) in [5.41, 5.74) is 9.40. The lowest BCUT2D eigenvalue weighted by Gasteiger charge is -2.19. The first kappa shape index (κ1) is 27.7. The number of aliphatic imine (C=N–C) groups is 1. The first-order chi connectivity index (χ1) is 24.3. The molecule has 2 heteroatoms. The van der Waals surface area contributed by atoms with Crippen molar-refractivity contribution in [2.75, 3.05) is 0 Å². The van der Waals surface area contributed by atoms with E-state index in [4.69, 9.17) is 4.99 Å². The van der Waals surface area contributed by atoms with Gasteiger partial charge in [0.25, 0.3) is 0 Å². The van der Waals surface area contributed by atoms with Crippen molar-refractivity contribution in [3.8, 4) is 22.3 Å². The van der Waals surface area contributed by atoms with Gasteiger partial charge in [-0.1, -0.05) is 127 Å². The molecule has 1 atom stereocenters. The van der Waals surface area contributed by atoms with Crippen LogP contribution in [0.5, 0.6) is 0 Å². The Morgan fingerprint density at radius 3 is 1.59 bits per heavy atom. The second-order valence-electron chi connectivity index (χ2n) is 13.0. The highest BCUT2D eigenvalue weighted by molar-refractivity contribution is 6.23. The fourth-order valence-corrected chi connectivity index (χ4v) is 7.92. The fourth-order valence-electron chi connectivity index (χ4n) is 7.92. The van der Waals surface area contributed by atoms with E-state index in [-0.39, 0.29) is 6.04 Å². The normalized spacial score (nSPS) is 14.0. The second-order valence-corrected chi connectivity index (χ2v) is 13.0. The van der Waals surface area contributed by atoms with Crippen molar-refractivity contribution in [3.63, 3.8) is 0 Å². The average Bonchev–Trinajstić information content (AvgIpc) is 3.56. The summed E-state index contributed by atoms with van der Waals surface area (Å²) in [4.78, 5) is 5.30. The molecule has 0 fully saturated rings. The third-order valence-corrected chi connectivity index (χ3v) is 10.2. The van der Waals surface area contributed by atoms with Crippen molar-refractivity contribution in [2.45, 2.75) is 6.04 Å². The zero-order chi connectivity index (χ0) is 32.3. The molecule has 1 unspecified atom stereocenters. The zero-order valence-corrected chi connectivity index (χ0v) is 26.8. The number of fused-ring (bicyclic) bond motifs is 5. The molecule has 0 N–H and O–H groups in total. The van der Waals surface area contributed by atoms with E-state index in [1.54, 1.807) is 0 Å². The number of pyridine rings is 1. The van der Waals surface area contributed by atoms with E-state index < -0.39 is 0 Å². The molecular weight excluding hydrogens is 593 g/mol. The summed E-state index contributed by atoms with van der Waals surface area (Å²) in [5.74, 6) is 0. The van der Waals surface area contributed by atoms with E-state index in [2.05, 4.69) is 187 Å². The van der Waals surface area contributed by atoms with Crippen LogP contribution in [0.1, 0.15) is 17.2 Å². The summed E-state index contributed by atoms with van der Waals surface area (Å²) < 4.78 is 2.28. The summed E-state index contributed by atoms with van der Waals surface area (Å²) >= 11 is 0. The number of benzene rings is 8. The molecule has 1 aliphatic rings. The summed E-state index contributed by atoms with van der Waals surface area (Å²) in [6.45, 7) is 0. The molecule has 0 radical (unpaired) electrons. The Balaban J connectivity index is 1.29. The van der Waals surface area contributed by atoms with Gasteiger partial charge >= 0.3 is 0 Å². The lowest BCUT2D eigenvalue weighted by atomic mass is 9.84. The van der Waals surface area contributed by atoms with Crippen molar-refractivity contribution < 1.29 is 4.57 Å². The van der Waals surface area contributed by atoms with Crippen LogP contribution in [0, 0.1) is 0 Å². The highest BCUT2D eigenvalue weighted by Crippen LogP contribution is 2.46. The minimum Gasteiger partial charge on any atom is -0.245 e. The standard InChI is InChI=1S/C47H31N2/c1-10-26-49(27-11-1)47-41-18-8-9-19-43(41)48-46(47)37-24-25-40-42(30-37)45(36-23-21-32-13-3-5-15-34(32)29-36)39-17-7-6-16-38(39)44(40)35-22-20-31-12-2-4-14-33(31)28-35/h1-30,47H/q+1. The average molecular weight is 624 g/mol. The summed E-state index contributed by atoms with van der Waals surface area (Å²) in [5, 5.41) is 9.94. The Morgan fingerprint density at radius 1 is 0.388 bits per heavy atom. The Kier molecular flexibility index (Phi) is 6.28. The predicted octanol–water partition coefficient (Wildman–Crippen LogP) is 11.6. The first-order valence-corrected chi connectivity index (χ1v) is 16.9. The third kappa shape index (κ3) is 4.49. The lowest BCUT2D eigenvalue weighted by Crippen LogP contribution is -2.42. The number of nitrogens with zero attached hydrogens (tertiary/aromatic N) is 2. The van der Waals surface area contributed by atoms with Gasteiger partial charge in [0.1, 0.15) is 5.71 Å². The largest absolute Gasteiger partial charge is 0.245 e. The van der Waals surface area contributed by atoms with Crippen LogP contribution < -0.4 is 4.57 Å². The Morgan fingerprint density at radius 2 is 0.918 bits per heavy atom. The quantitative estimate of drug-likeness (QED) is 0.137. The molecule has 2 nitrogen and oxygen atoms in total. The molecule has 0 bridgehead atoms. The van der Waals surface area contributed by atoms with E-state index in [9.17, 15) is 0 Å². The molecule has 0 amide bonds. The lowest BCUT2D eigenvalue weighted by molar-refractivity contribution is -0.697. The molecule has 0 saturated carbocycles. The van der Waals surface area contributed by atoms with Gasteiger partial charge in [0.05, 0.1) is 11.3 Å². The number of hydrogen-bond acceptors (Lipinski definition) is 1. The van der Waals surface area contributed by atoms with Crippen LogP contribution in [-0.4, -0.2) is 5.71 Å². The van der Waals surface area contributed by atoms with E-state index in [0.717, 1.165) is 17.0 Å². The third-order valence-electron chi connectivity index (χ3n) is 10.2. The molecule has 9 aromatic rings. The maximum absolute atomic E-state index is 5.30. The molecule has 0 spiro atoms. The maximum Gasteiger partial charge on any atom is 0.228 e. The maximum atomic E-state index is 5.30. The number of aromatic nitrogens is 1.